The first-order chi connectivity index (χ1) is 17.2. The minimum absolute atomic E-state index is 0.0286. The molecule has 4 atom stereocenters. The highest BCUT2D eigenvalue weighted by Crippen LogP contribution is 2.64. The number of hydrogen-bond donors (Lipinski definition) is 0. The van der Waals surface area contributed by atoms with Gasteiger partial charge in [-0.1, -0.05) is 59.8 Å². The molecule has 0 aliphatic heterocycles. The summed E-state index contributed by atoms with van der Waals surface area (Å²) in [5.74, 6) is -7.87. The molecule has 1 aromatic rings. The number of carbonyl (C=O) groups excluding carboxylic acids is 2. The maximum absolute atomic E-state index is 14.1. The fourth-order valence-electron chi connectivity index (χ4n) is 5.78. The third-order valence-corrected chi connectivity index (χ3v) is 8.73. The molecule has 1 aliphatic carbocycles. The number of esters is 2. The van der Waals surface area contributed by atoms with Crippen molar-refractivity contribution >= 4 is 11.9 Å². The number of halogens is 4. The van der Waals surface area contributed by atoms with Crippen LogP contribution in [0, 0.1) is 52.9 Å². The van der Waals surface area contributed by atoms with Crippen molar-refractivity contribution in [2.45, 2.75) is 99.3 Å². The summed E-state index contributed by atoms with van der Waals surface area (Å²) >= 11 is 0. The maximum atomic E-state index is 14.1. The van der Waals surface area contributed by atoms with Crippen LogP contribution in [0.3, 0.4) is 0 Å². The van der Waals surface area contributed by atoms with Crippen LogP contribution in [0.4, 0.5) is 17.6 Å². The van der Waals surface area contributed by atoms with Crippen LogP contribution in [-0.2, 0) is 14.3 Å². The molecular formula is C29H42F4O4. The van der Waals surface area contributed by atoms with Crippen LogP contribution >= 0.6 is 0 Å². The first-order valence-electron chi connectivity index (χ1n) is 13.4. The molecule has 37 heavy (non-hydrogen) atoms. The average Bonchev–Trinajstić information content (AvgIpc) is 2.85. The van der Waals surface area contributed by atoms with Crippen molar-refractivity contribution in [3.05, 3.63) is 34.4 Å². The lowest BCUT2D eigenvalue weighted by Gasteiger charge is -2.61. The number of benzene rings is 1. The SMILES string of the molecule is CC(=O)OCCCCCCCC(C)C1(C)CCC1(C)CC(C)COC(=O)c1c(F)c(F)c(C)c(F)c1F. The Kier molecular flexibility index (Phi) is 11.0. The van der Waals surface area contributed by atoms with Crippen molar-refractivity contribution in [3.8, 4) is 0 Å². The number of rotatable bonds is 14. The van der Waals surface area contributed by atoms with Crippen molar-refractivity contribution in [2.24, 2.45) is 22.7 Å². The molecule has 210 valence electrons. The van der Waals surface area contributed by atoms with E-state index < -0.39 is 40.4 Å². The van der Waals surface area contributed by atoms with Crippen molar-refractivity contribution in [3.63, 3.8) is 0 Å². The molecule has 0 radical (unpaired) electrons. The van der Waals surface area contributed by atoms with Crippen molar-refractivity contribution in [1.82, 2.24) is 0 Å². The molecule has 0 aromatic heterocycles. The van der Waals surface area contributed by atoms with Gasteiger partial charge in [-0.15, -0.1) is 0 Å². The van der Waals surface area contributed by atoms with E-state index in [4.69, 9.17) is 9.47 Å². The number of unbranched alkanes of at least 4 members (excludes halogenated alkanes) is 4. The smallest absolute Gasteiger partial charge is 0.344 e. The fraction of sp³-hybridized carbons (Fsp3) is 0.724. The molecule has 0 spiro atoms. The molecule has 1 fully saturated rings. The molecule has 1 aromatic carbocycles. The van der Waals surface area contributed by atoms with E-state index in [0.29, 0.717) is 12.5 Å². The number of hydrogen-bond acceptors (Lipinski definition) is 4. The summed E-state index contributed by atoms with van der Waals surface area (Å²) in [7, 11) is 0. The van der Waals surface area contributed by atoms with Gasteiger partial charge in [0.1, 0.15) is 5.56 Å². The van der Waals surface area contributed by atoms with Crippen LogP contribution in [0.15, 0.2) is 0 Å². The van der Waals surface area contributed by atoms with E-state index in [9.17, 15) is 27.2 Å². The highest BCUT2D eigenvalue weighted by Gasteiger charge is 2.54. The van der Waals surface area contributed by atoms with Gasteiger partial charge in [0.25, 0.3) is 0 Å². The summed E-state index contributed by atoms with van der Waals surface area (Å²) in [5, 5.41) is 0. The summed E-state index contributed by atoms with van der Waals surface area (Å²) in [4.78, 5) is 23.1. The van der Waals surface area contributed by atoms with Crippen LogP contribution in [-0.4, -0.2) is 25.2 Å². The van der Waals surface area contributed by atoms with Crippen LogP contribution < -0.4 is 0 Å². The summed E-state index contributed by atoms with van der Waals surface area (Å²) < 4.78 is 66.0. The second-order valence-corrected chi connectivity index (χ2v) is 11.4. The minimum Gasteiger partial charge on any atom is -0.466 e. The van der Waals surface area contributed by atoms with Gasteiger partial charge >= 0.3 is 11.9 Å². The zero-order valence-electron chi connectivity index (χ0n) is 23.1. The Labute approximate surface area is 218 Å². The van der Waals surface area contributed by atoms with Crippen LogP contribution in [0.25, 0.3) is 0 Å². The van der Waals surface area contributed by atoms with E-state index in [1.54, 1.807) is 0 Å². The Morgan fingerprint density at radius 3 is 1.97 bits per heavy atom. The highest BCUT2D eigenvalue weighted by atomic mass is 19.2. The predicted molar refractivity (Wildman–Crippen MR) is 134 cm³/mol. The maximum Gasteiger partial charge on any atom is 0.344 e. The summed E-state index contributed by atoms with van der Waals surface area (Å²) in [6, 6.07) is 0. The van der Waals surface area contributed by atoms with Gasteiger partial charge in [-0.2, -0.15) is 0 Å². The molecule has 1 saturated carbocycles. The van der Waals surface area contributed by atoms with Crippen LogP contribution in [0.1, 0.15) is 108 Å². The third kappa shape index (κ3) is 7.26. The first-order valence-corrected chi connectivity index (χ1v) is 13.4. The zero-order valence-corrected chi connectivity index (χ0v) is 23.1. The summed E-state index contributed by atoms with van der Waals surface area (Å²) in [5.41, 5.74) is -1.99. The van der Waals surface area contributed by atoms with E-state index in [-0.39, 0.29) is 29.3 Å². The van der Waals surface area contributed by atoms with E-state index in [1.807, 2.05) is 6.92 Å². The third-order valence-electron chi connectivity index (χ3n) is 8.73. The van der Waals surface area contributed by atoms with Gasteiger partial charge < -0.3 is 9.47 Å². The Balaban J connectivity index is 1.83. The number of carbonyl (C=O) groups is 2. The Morgan fingerprint density at radius 1 is 0.865 bits per heavy atom. The van der Waals surface area contributed by atoms with Crippen LogP contribution in [0.2, 0.25) is 0 Å². The first kappa shape index (κ1) is 31.1. The molecule has 0 N–H and O–H groups in total. The molecule has 4 unspecified atom stereocenters. The molecule has 1 aliphatic rings. The lowest BCUT2D eigenvalue weighted by atomic mass is 9.44. The van der Waals surface area contributed by atoms with E-state index in [0.717, 1.165) is 64.7 Å². The molecule has 8 heteroatoms. The Morgan fingerprint density at radius 2 is 1.43 bits per heavy atom. The van der Waals surface area contributed by atoms with Gasteiger partial charge in [0.05, 0.1) is 13.2 Å². The quantitative estimate of drug-likeness (QED) is 0.106. The monoisotopic (exact) mass is 530 g/mol. The minimum atomic E-state index is -1.73. The lowest BCUT2D eigenvalue weighted by Crippen LogP contribution is -2.52. The van der Waals surface area contributed by atoms with Gasteiger partial charge in [0, 0.05) is 12.5 Å². The molecule has 0 bridgehead atoms. The van der Waals surface area contributed by atoms with Gasteiger partial charge in [-0.25, -0.2) is 22.4 Å². The standard InChI is InChI=1S/C29H42F4O4/c1-18(17-37-27(35)22-25(32)23(30)20(3)24(31)26(22)33)16-28(5)13-14-29(28,6)19(2)12-10-8-7-9-11-15-36-21(4)34/h18-19H,7-17H2,1-6H3. The molecule has 0 saturated heterocycles. The van der Waals surface area contributed by atoms with Gasteiger partial charge in [-0.3, -0.25) is 4.79 Å². The Bertz CT molecular complexity index is 937. The van der Waals surface area contributed by atoms with Crippen LogP contribution in [0.5, 0.6) is 0 Å². The summed E-state index contributed by atoms with van der Waals surface area (Å²) in [6.07, 6.45) is 9.34. The topological polar surface area (TPSA) is 52.6 Å². The zero-order chi connectivity index (χ0) is 28.0. The van der Waals surface area contributed by atoms with Crippen molar-refractivity contribution in [2.75, 3.05) is 13.2 Å². The molecular weight excluding hydrogens is 488 g/mol. The Hall–Kier alpha value is -2.12. The van der Waals surface area contributed by atoms with E-state index >= 15 is 0 Å². The van der Waals surface area contributed by atoms with Crippen molar-refractivity contribution < 1.29 is 36.6 Å². The number of ether oxygens (including phenoxy) is 2. The average molecular weight is 531 g/mol. The lowest BCUT2D eigenvalue weighted by molar-refractivity contribution is -0.141. The van der Waals surface area contributed by atoms with Gasteiger partial charge in [0.2, 0.25) is 0 Å². The predicted octanol–water partition coefficient (Wildman–Crippen LogP) is 8.08. The molecule has 0 heterocycles. The molecule has 0 amide bonds. The van der Waals surface area contributed by atoms with Crippen molar-refractivity contribution in [1.29, 1.82) is 0 Å². The second kappa shape index (κ2) is 13.1. The second-order valence-electron chi connectivity index (χ2n) is 11.4. The van der Waals surface area contributed by atoms with E-state index in [2.05, 4.69) is 20.8 Å². The molecule has 4 nitrogen and oxygen atoms in total. The van der Waals surface area contributed by atoms with Gasteiger partial charge in [-0.05, 0) is 55.3 Å². The fourth-order valence-corrected chi connectivity index (χ4v) is 5.78. The van der Waals surface area contributed by atoms with Gasteiger partial charge in [0.15, 0.2) is 23.3 Å². The van der Waals surface area contributed by atoms with E-state index in [1.165, 1.54) is 6.92 Å². The largest absolute Gasteiger partial charge is 0.466 e. The summed E-state index contributed by atoms with van der Waals surface area (Å²) in [6.45, 7) is 11.4. The molecule has 2 rings (SSSR count). The normalized spacial score (nSPS) is 22.8. The highest BCUT2D eigenvalue weighted by molar-refractivity contribution is 5.90.